The van der Waals surface area contributed by atoms with E-state index in [2.05, 4.69) is 47.0 Å². The average Bonchev–Trinajstić information content (AvgIpc) is 2.42. The lowest BCUT2D eigenvalue weighted by Crippen LogP contribution is -2.14. The minimum absolute atomic E-state index is 0.0533. The highest BCUT2D eigenvalue weighted by atomic mass is 127. The molecule has 0 spiro atoms. The van der Waals surface area contributed by atoms with Crippen molar-refractivity contribution in [1.29, 1.82) is 0 Å². The van der Waals surface area contributed by atoms with Gasteiger partial charge in [0.2, 0.25) is 5.91 Å². The van der Waals surface area contributed by atoms with Gasteiger partial charge in [0.05, 0.1) is 0 Å². The Bertz CT molecular complexity index is 536. The van der Waals surface area contributed by atoms with Gasteiger partial charge in [-0.2, -0.15) is 0 Å². The maximum atomic E-state index is 12.0. The second-order valence-electron chi connectivity index (χ2n) is 4.57. The van der Waals surface area contributed by atoms with E-state index in [0.29, 0.717) is 6.42 Å². The predicted molar refractivity (Wildman–Crippen MR) is 87.3 cm³/mol. The standard InChI is InChI=1S/C16H16INO/c1-12(13-5-3-2-4-6-13)11-16(19)18-15-9-7-14(17)8-10-15/h2-10,12H,11H2,1H3,(H,18,19)/t12-/m0/s1. The molecule has 0 aliphatic rings. The second-order valence-corrected chi connectivity index (χ2v) is 5.82. The Balaban J connectivity index is 1.93. The molecule has 0 aromatic heterocycles. The zero-order valence-electron chi connectivity index (χ0n) is 10.8. The third kappa shape index (κ3) is 4.35. The molecular formula is C16H16INO. The average molecular weight is 365 g/mol. The molecule has 0 fully saturated rings. The van der Waals surface area contributed by atoms with Crippen molar-refractivity contribution >= 4 is 34.2 Å². The number of amides is 1. The second kappa shape index (κ2) is 6.70. The third-order valence-corrected chi connectivity index (χ3v) is 3.71. The smallest absolute Gasteiger partial charge is 0.224 e. The molecule has 0 saturated carbocycles. The van der Waals surface area contributed by atoms with Crippen molar-refractivity contribution in [3.05, 3.63) is 63.7 Å². The lowest BCUT2D eigenvalue weighted by atomic mass is 9.97. The molecule has 0 bridgehead atoms. The normalized spacial score (nSPS) is 11.9. The van der Waals surface area contributed by atoms with Crippen molar-refractivity contribution in [1.82, 2.24) is 0 Å². The number of rotatable bonds is 4. The summed E-state index contributed by atoms with van der Waals surface area (Å²) in [5, 5.41) is 2.93. The number of nitrogens with one attached hydrogen (secondary N) is 1. The van der Waals surface area contributed by atoms with E-state index < -0.39 is 0 Å². The van der Waals surface area contributed by atoms with Crippen LogP contribution in [0.1, 0.15) is 24.8 Å². The molecule has 0 aliphatic carbocycles. The minimum atomic E-state index is 0.0533. The highest BCUT2D eigenvalue weighted by Crippen LogP contribution is 2.19. The summed E-state index contributed by atoms with van der Waals surface area (Å²) < 4.78 is 1.16. The number of hydrogen-bond donors (Lipinski definition) is 1. The molecule has 0 saturated heterocycles. The van der Waals surface area contributed by atoms with Crippen molar-refractivity contribution in [2.24, 2.45) is 0 Å². The first-order chi connectivity index (χ1) is 9.15. The maximum Gasteiger partial charge on any atom is 0.224 e. The number of anilines is 1. The van der Waals surface area contributed by atoms with Crippen LogP contribution in [0.25, 0.3) is 0 Å². The Kier molecular flexibility index (Phi) is 4.96. The van der Waals surface area contributed by atoms with Gasteiger partial charge in [0, 0.05) is 15.7 Å². The third-order valence-electron chi connectivity index (χ3n) is 2.99. The fourth-order valence-corrected chi connectivity index (χ4v) is 2.28. The SMILES string of the molecule is C[C@@H](CC(=O)Nc1ccc(I)cc1)c1ccccc1. The molecule has 2 aromatic carbocycles. The Morgan fingerprint density at radius 3 is 2.37 bits per heavy atom. The van der Waals surface area contributed by atoms with Crippen LogP contribution >= 0.6 is 22.6 Å². The van der Waals surface area contributed by atoms with Crippen LogP contribution in [-0.2, 0) is 4.79 Å². The van der Waals surface area contributed by atoms with Crippen LogP contribution in [0.5, 0.6) is 0 Å². The molecule has 0 aliphatic heterocycles. The number of carbonyl (C=O) groups is 1. The summed E-state index contributed by atoms with van der Waals surface area (Å²) in [5.41, 5.74) is 2.05. The van der Waals surface area contributed by atoms with Crippen LogP contribution in [0.4, 0.5) is 5.69 Å². The van der Waals surface area contributed by atoms with Crippen LogP contribution in [0.3, 0.4) is 0 Å². The summed E-state index contributed by atoms with van der Waals surface area (Å²) >= 11 is 2.25. The van der Waals surface area contributed by atoms with Crippen molar-refractivity contribution in [2.75, 3.05) is 5.32 Å². The van der Waals surface area contributed by atoms with E-state index in [-0.39, 0.29) is 11.8 Å². The molecule has 0 unspecified atom stereocenters. The molecule has 1 atom stereocenters. The molecule has 1 N–H and O–H groups in total. The molecule has 98 valence electrons. The largest absolute Gasteiger partial charge is 0.326 e. The number of benzene rings is 2. The first-order valence-corrected chi connectivity index (χ1v) is 7.33. The van der Waals surface area contributed by atoms with E-state index in [1.807, 2.05) is 42.5 Å². The first-order valence-electron chi connectivity index (χ1n) is 6.25. The molecule has 1 amide bonds. The van der Waals surface area contributed by atoms with Gasteiger partial charge in [-0.05, 0) is 58.3 Å². The zero-order chi connectivity index (χ0) is 13.7. The van der Waals surface area contributed by atoms with Crippen LogP contribution < -0.4 is 5.32 Å². The van der Waals surface area contributed by atoms with Crippen LogP contribution in [0.15, 0.2) is 54.6 Å². The Morgan fingerprint density at radius 1 is 1.11 bits per heavy atom. The summed E-state index contributed by atoms with van der Waals surface area (Å²) in [6, 6.07) is 17.9. The maximum absolute atomic E-state index is 12.0. The Hall–Kier alpha value is -1.36. The van der Waals surface area contributed by atoms with E-state index in [1.54, 1.807) is 0 Å². The van der Waals surface area contributed by atoms with E-state index in [0.717, 1.165) is 9.26 Å². The molecule has 19 heavy (non-hydrogen) atoms. The topological polar surface area (TPSA) is 29.1 Å². The van der Waals surface area contributed by atoms with E-state index in [4.69, 9.17) is 0 Å². The van der Waals surface area contributed by atoms with Gasteiger partial charge in [0.15, 0.2) is 0 Å². The minimum Gasteiger partial charge on any atom is -0.326 e. The van der Waals surface area contributed by atoms with Gasteiger partial charge in [-0.1, -0.05) is 37.3 Å². The van der Waals surface area contributed by atoms with Crippen LogP contribution in [0.2, 0.25) is 0 Å². The van der Waals surface area contributed by atoms with Crippen LogP contribution in [0, 0.1) is 3.57 Å². The zero-order valence-corrected chi connectivity index (χ0v) is 12.9. The Labute approximate surface area is 127 Å². The Morgan fingerprint density at radius 2 is 1.74 bits per heavy atom. The van der Waals surface area contributed by atoms with Crippen molar-refractivity contribution in [3.63, 3.8) is 0 Å². The highest BCUT2D eigenvalue weighted by Gasteiger charge is 2.10. The quantitative estimate of drug-likeness (QED) is 0.799. The fraction of sp³-hybridized carbons (Fsp3) is 0.188. The van der Waals surface area contributed by atoms with Gasteiger partial charge < -0.3 is 5.32 Å². The summed E-state index contributed by atoms with van der Waals surface area (Å²) in [7, 11) is 0. The predicted octanol–water partition coefficient (Wildman–Crippen LogP) is 4.42. The molecular weight excluding hydrogens is 349 g/mol. The van der Waals surface area contributed by atoms with Crippen molar-refractivity contribution in [2.45, 2.75) is 19.3 Å². The summed E-state index contributed by atoms with van der Waals surface area (Å²) in [5.74, 6) is 0.280. The van der Waals surface area contributed by atoms with E-state index in [9.17, 15) is 4.79 Å². The van der Waals surface area contributed by atoms with Gasteiger partial charge in [-0.3, -0.25) is 4.79 Å². The fourth-order valence-electron chi connectivity index (χ4n) is 1.92. The van der Waals surface area contributed by atoms with Gasteiger partial charge in [-0.25, -0.2) is 0 Å². The molecule has 0 radical (unpaired) electrons. The monoisotopic (exact) mass is 365 g/mol. The number of carbonyl (C=O) groups excluding carboxylic acids is 1. The van der Waals surface area contributed by atoms with E-state index >= 15 is 0 Å². The summed E-state index contributed by atoms with van der Waals surface area (Å²) in [6.07, 6.45) is 0.496. The van der Waals surface area contributed by atoms with Crippen LogP contribution in [-0.4, -0.2) is 5.91 Å². The lowest BCUT2D eigenvalue weighted by molar-refractivity contribution is -0.116. The van der Waals surface area contributed by atoms with Crippen molar-refractivity contribution in [3.8, 4) is 0 Å². The molecule has 2 aromatic rings. The van der Waals surface area contributed by atoms with Gasteiger partial charge in [0.1, 0.15) is 0 Å². The van der Waals surface area contributed by atoms with E-state index in [1.165, 1.54) is 5.56 Å². The van der Waals surface area contributed by atoms with Gasteiger partial charge in [-0.15, -0.1) is 0 Å². The molecule has 2 rings (SSSR count). The van der Waals surface area contributed by atoms with Gasteiger partial charge in [0.25, 0.3) is 0 Å². The summed E-state index contributed by atoms with van der Waals surface area (Å²) in [4.78, 5) is 12.0. The number of hydrogen-bond acceptors (Lipinski definition) is 1. The first kappa shape index (κ1) is 14.1. The molecule has 0 heterocycles. The molecule has 2 nitrogen and oxygen atoms in total. The lowest BCUT2D eigenvalue weighted by Gasteiger charge is -2.12. The number of halogens is 1. The van der Waals surface area contributed by atoms with Gasteiger partial charge >= 0.3 is 0 Å². The van der Waals surface area contributed by atoms with Crippen molar-refractivity contribution < 1.29 is 4.79 Å². The molecule has 3 heteroatoms. The highest BCUT2D eigenvalue weighted by molar-refractivity contribution is 14.1. The summed E-state index contributed by atoms with van der Waals surface area (Å²) in [6.45, 7) is 2.07.